The smallest absolute Gasteiger partial charge is 0.229 e. The number of halogens is 1. The maximum Gasteiger partial charge on any atom is 0.229 e. The zero-order valence-electron chi connectivity index (χ0n) is 14.9. The van der Waals surface area contributed by atoms with Crippen molar-refractivity contribution >= 4 is 17.5 Å². The molecule has 3 aromatic rings. The lowest BCUT2D eigenvalue weighted by atomic mass is 10.1. The van der Waals surface area contributed by atoms with E-state index >= 15 is 0 Å². The van der Waals surface area contributed by atoms with Gasteiger partial charge in [0.05, 0.1) is 11.8 Å². The topological polar surface area (TPSA) is 59.1 Å². The number of hydrogen-bond acceptors (Lipinski definition) is 5. The summed E-state index contributed by atoms with van der Waals surface area (Å²) in [7, 11) is 0. The molecule has 1 unspecified atom stereocenters. The highest BCUT2D eigenvalue weighted by atomic mass is 19.1. The first-order chi connectivity index (χ1) is 13.3. The predicted octanol–water partition coefficient (Wildman–Crippen LogP) is 4.62. The molecule has 1 atom stereocenters. The average Bonchev–Trinajstić information content (AvgIpc) is 3.22. The Balaban J connectivity index is 1.60. The van der Waals surface area contributed by atoms with Crippen LogP contribution >= 0.6 is 0 Å². The molecule has 2 N–H and O–H groups in total. The number of anilines is 3. The highest BCUT2D eigenvalue weighted by Gasteiger charge is 2.16. The maximum atomic E-state index is 13.1. The van der Waals surface area contributed by atoms with Crippen LogP contribution in [0.3, 0.4) is 0 Å². The van der Waals surface area contributed by atoms with Crippen LogP contribution in [0.4, 0.5) is 21.8 Å². The molecule has 4 rings (SSSR count). The molecule has 0 radical (unpaired) electrons. The lowest BCUT2D eigenvalue weighted by Crippen LogP contribution is -2.19. The number of ether oxygens (including phenoxy) is 1. The van der Waals surface area contributed by atoms with Crippen LogP contribution in [0.5, 0.6) is 0 Å². The summed E-state index contributed by atoms with van der Waals surface area (Å²) in [6.07, 6.45) is 2.38. The van der Waals surface area contributed by atoms with E-state index in [-0.39, 0.29) is 11.9 Å². The van der Waals surface area contributed by atoms with Crippen molar-refractivity contribution in [3.05, 3.63) is 66.5 Å². The van der Waals surface area contributed by atoms with E-state index in [1.165, 1.54) is 12.1 Å². The number of nitrogens with one attached hydrogen (secondary N) is 2. The van der Waals surface area contributed by atoms with E-state index in [0.717, 1.165) is 42.2 Å². The Morgan fingerprint density at radius 1 is 1.04 bits per heavy atom. The van der Waals surface area contributed by atoms with Gasteiger partial charge < -0.3 is 15.4 Å². The molecular formula is C21H21FN4O. The van der Waals surface area contributed by atoms with E-state index < -0.39 is 0 Å². The van der Waals surface area contributed by atoms with Crippen LogP contribution < -0.4 is 10.6 Å². The summed E-state index contributed by atoms with van der Waals surface area (Å²) in [5.74, 6) is 0.903. The molecule has 2 heterocycles. The molecule has 1 saturated heterocycles. The largest absolute Gasteiger partial charge is 0.376 e. The van der Waals surface area contributed by atoms with E-state index in [4.69, 9.17) is 4.74 Å². The van der Waals surface area contributed by atoms with Crippen molar-refractivity contribution < 1.29 is 9.13 Å². The summed E-state index contributed by atoms with van der Waals surface area (Å²) >= 11 is 0. The quantitative estimate of drug-likeness (QED) is 0.668. The summed E-state index contributed by atoms with van der Waals surface area (Å²) in [4.78, 5) is 9.17. The van der Waals surface area contributed by atoms with E-state index in [1.54, 1.807) is 12.1 Å². The molecule has 0 bridgehead atoms. The minimum absolute atomic E-state index is 0.216. The fraction of sp³-hybridized carbons (Fsp3) is 0.238. The molecule has 1 aliphatic rings. The van der Waals surface area contributed by atoms with E-state index in [1.807, 2.05) is 36.4 Å². The molecule has 5 nitrogen and oxygen atoms in total. The highest BCUT2D eigenvalue weighted by molar-refractivity contribution is 5.66. The van der Waals surface area contributed by atoms with Crippen LogP contribution in [-0.4, -0.2) is 29.2 Å². The van der Waals surface area contributed by atoms with Gasteiger partial charge in [-0.2, -0.15) is 4.98 Å². The van der Waals surface area contributed by atoms with Crippen molar-refractivity contribution in [1.29, 1.82) is 0 Å². The summed E-state index contributed by atoms with van der Waals surface area (Å²) in [6, 6.07) is 18.0. The Bertz CT molecular complexity index is 880. The third kappa shape index (κ3) is 4.60. The third-order valence-corrected chi connectivity index (χ3v) is 4.43. The van der Waals surface area contributed by atoms with Crippen LogP contribution in [0.1, 0.15) is 12.8 Å². The van der Waals surface area contributed by atoms with Gasteiger partial charge in [-0.15, -0.1) is 0 Å². The van der Waals surface area contributed by atoms with Crippen molar-refractivity contribution in [3.8, 4) is 11.3 Å². The molecule has 2 aromatic carbocycles. The molecule has 0 spiro atoms. The molecule has 0 aliphatic carbocycles. The van der Waals surface area contributed by atoms with Crippen LogP contribution in [-0.2, 0) is 4.74 Å². The molecule has 6 heteroatoms. The van der Waals surface area contributed by atoms with Crippen LogP contribution in [0, 0.1) is 5.82 Å². The minimum Gasteiger partial charge on any atom is -0.376 e. The van der Waals surface area contributed by atoms with Gasteiger partial charge >= 0.3 is 0 Å². The Morgan fingerprint density at radius 2 is 1.85 bits per heavy atom. The lowest BCUT2D eigenvalue weighted by Gasteiger charge is -2.14. The van der Waals surface area contributed by atoms with Gasteiger partial charge in [0.2, 0.25) is 5.95 Å². The first-order valence-electron chi connectivity index (χ1n) is 9.09. The molecule has 1 fully saturated rings. The van der Waals surface area contributed by atoms with Crippen LogP contribution in [0.2, 0.25) is 0 Å². The third-order valence-electron chi connectivity index (χ3n) is 4.43. The zero-order chi connectivity index (χ0) is 18.5. The Morgan fingerprint density at radius 3 is 2.59 bits per heavy atom. The van der Waals surface area contributed by atoms with Gasteiger partial charge in [0.15, 0.2) is 0 Å². The molecule has 1 aromatic heterocycles. The Labute approximate surface area is 157 Å². The van der Waals surface area contributed by atoms with Crippen molar-refractivity contribution in [3.63, 3.8) is 0 Å². The van der Waals surface area contributed by atoms with E-state index in [0.29, 0.717) is 12.5 Å². The molecular weight excluding hydrogens is 343 g/mol. The van der Waals surface area contributed by atoms with Gasteiger partial charge in [-0.05, 0) is 37.1 Å². The van der Waals surface area contributed by atoms with Gasteiger partial charge in [0.25, 0.3) is 0 Å². The van der Waals surface area contributed by atoms with Crippen LogP contribution in [0.25, 0.3) is 11.3 Å². The SMILES string of the molecule is Fc1ccc(Nc2nc(NCC3CCCO3)cc(-c3ccccc3)n2)cc1. The second-order valence-electron chi connectivity index (χ2n) is 6.48. The maximum absolute atomic E-state index is 13.1. The Kier molecular flexibility index (Phi) is 5.25. The van der Waals surface area contributed by atoms with Gasteiger partial charge in [0.1, 0.15) is 11.6 Å². The standard InChI is InChI=1S/C21H21FN4O/c22-16-8-10-17(11-9-16)24-21-25-19(15-5-2-1-3-6-15)13-20(26-21)23-14-18-7-4-12-27-18/h1-3,5-6,8-11,13,18H,4,7,12,14H2,(H2,23,24,25,26). The number of benzene rings is 2. The molecule has 1 aliphatic heterocycles. The molecule has 138 valence electrons. The first-order valence-corrected chi connectivity index (χ1v) is 9.09. The van der Waals surface area contributed by atoms with Crippen molar-refractivity contribution in [2.24, 2.45) is 0 Å². The summed E-state index contributed by atoms with van der Waals surface area (Å²) < 4.78 is 18.8. The second-order valence-corrected chi connectivity index (χ2v) is 6.48. The molecule has 0 amide bonds. The highest BCUT2D eigenvalue weighted by Crippen LogP contribution is 2.23. The number of nitrogens with zero attached hydrogens (tertiary/aromatic N) is 2. The first kappa shape index (κ1) is 17.4. The summed E-state index contributed by atoms with van der Waals surface area (Å²) in [6.45, 7) is 1.53. The molecule has 27 heavy (non-hydrogen) atoms. The number of aromatic nitrogens is 2. The van der Waals surface area contributed by atoms with Gasteiger partial charge in [-0.25, -0.2) is 9.37 Å². The van der Waals surface area contributed by atoms with Gasteiger partial charge in [-0.1, -0.05) is 30.3 Å². The number of hydrogen-bond donors (Lipinski definition) is 2. The summed E-state index contributed by atoms with van der Waals surface area (Å²) in [5, 5.41) is 6.51. The van der Waals surface area contributed by atoms with Crippen molar-refractivity contribution in [2.45, 2.75) is 18.9 Å². The second kappa shape index (κ2) is 8.14. The predicted molar refractivity (Wildman–Crippen MR) is 105 cm³/mol. The van der Waals surface area contributed by atoms with E-state index in [9.17, 15) is 4.39 Å². The van der Waals surface area contributed by atoms with Crippen molar-refractivity contribution in [1.82, 2.24) is 9.97 Å². The normalized spacial score (nSPS) is 16.3. The van der Waals surface area contributed by atoms with Gasteiger partial charge in [0, 0.05) is 30.5 Å². The van der Waals surface area contributed by atoms with Gasteiger partial charge in [-0.3, -0.25) is 0 Å². The zero-order valence-corrected chi connectivity index (χ0v) is 14.9. The van der Waals surface area contributed by atoms with Crippen LogP contribution in [0.15, 0.2) is 60.7 Å². The molecule has 0 saturated carbocycles. The average molecular weight is 364 g/mol. The van der Waals surface area contributed by atoms with Crippen molar-refractivity contribution in [2.75, 3.05) is 23.8 Å². The number of rotatable bonds is 6. The fourth-order valence-electron chi connectivity index (χ4n) is 3.04. The Hall–Kier alpha value is -2.99. The lowest BCUT2D eigenvalue weighted by molar-refractivity contribution is 0.120. The summed E-state index contributed by atoms with van der Waals surface area (Å²) in [5.41, 5.74) is 2.54. The van der Waals surface area contributed by atoms with E-state index in [2.05, 4.69) is 20.6 Å². The monoisotopic (exact) mass is 364 g/mol. The minimum atomic E-state index is -0.279. The fourth-order valence-corrected chi connectivity index (χ4v) is 3.04.